The number of carbonyl (C=O) groups excluding carboxylic acids is 1. The van der Waals surface area contributed by atoms with Crippen LogP contribution in [0, 0.1) is 0 Å². The Balaban J connectivity index is 1.91. The summed E-state index contributed by atoms with van der Waals surface area (Å²) in [5, 5.41) is 3.43. The van der Waals surface area contributed by atoms with Gasteiger partial charge in [0.25, 0.3) is 5.91 Å². The van der Waals surface area contributed by atoms with Crippen molar-refractivity contribution in [1.29, 1.82) is 0 Å². The molecule has 0 N–H and O–H groups in total. The third-order valence-corrected chi connectivity index (χ3v) is 4.22. The Morgan fingerprint density at radius 2 is 2.12 bits per heavy atom. The number of amides is 1. The van der Waals surface area contributed by atoms with Gasteiger partial charge >= 0.3 is 6.18 Å². The number of aryl methyl sites for hydroxylation is 1. The Bertz CT molecular complexity index is 727. The topological polar surface area (TPSA) is 51.0 Å². The summed E-state index contributed by atoms with van der Waals surface area (Å²) in [5.41, 5.74) is -0.217. The Morgan fingerprint density at radius 1 is 1.33 bits per heavy atom. The summed E-state index contributed by atoms with van der Waals surface area (Å²) in [6, 6.07) is 4.31. The molecule has 0 spiro atoms. The Morgan fingerprint density at radius 3 is 2.75 bits per heavy atom. The van der Waals surface area contributed by atoms with E-state index in [-0.39, 0.29) is 11.7 Å². The number of carbonyl (C=O) groups is 1. The van der Waals surface area contributed by atoms with Crippen molar-refractivity contribution < 1.29 is 18.0 Å². The first-order valence-electron chi connectivity index (χ1n) is 7.70. The molecule has 128 valence electrons. The van der Waals surface area contributed by atoms with Gasteiger partial charge in [-0.15, -0.1) is 0 Å². The van der Waals surface area contributed by atoms with Crippen LogP contribution in [0.2, 0.25) is 0 Å². The summed E-state index contributed by atoms with van der Waals surface area (Å²) in [6.07, 6.45) is 1.33. The molecule has 1 fully saturated rings. The SMILES string of the molecule is Cn1nc(C(F)(F)F)cc1C(=O)N1CCCC[C@@H]1c1cccnc1. The van der Waals surface area contributed by atoms with Gasteiger partial charge in [0.05, 0.1) is 6.04 Å². The van der Waals surface area contributed by atoms with Crippen molar-refractivity contribution in [3.05, 3.63) is 47.5 Å². The predicted octanol–water partition coefficient (Wildman–Crippen LogP) is 3.20. The summed E-state index contributed by atoms with van der Waals surface area (Å²) in [7, 11) is 1.35. The number of likely N-dealkylation sites (tertiary alicyclic amines) is 1. The van der Waals surface area contributed by atoms with Gasteiger partial charge in [-0.1, -0.05) is 6.07 Å². The quantitative estimate of drug-likeness (QED) is 0.845. The number of hydrogen-bond acceptors (Lipinski definition) is 3. The molecular formula is C16H17F3N4O. The average molecular weight is 338 g/mol. The number of nitrogens with zero attached hydrogens (tertiary/aromatic N) is 4. The Kier molecular flexibility index (Phi) is 4.29. The predicted molar refractivity (Wildman–Crippen MR) is 80.1 cm³/mol. The van der Waals surface area contributed by atoms with Crippen LogP contribution in [-0.2, 0) is 13.2 Å². The first-order valence-corrected chi connectivity index (χ1v) is 7.70. The van der Waals surface area contributed by atoms with E-state index in [9.17, 15) is 18.0 Å². The smallest absolute Gasteiger partial charge is 0.330 e. The molecule has 0 radical (unpaired) electrons. The van der Waals surface area contributed by atoms with Gasteiger partial charge in [-0.05, 0) is 30.9 Å². The molecule has 1 aliphatic rings. The molecule has 2 aromatic heterocycles. The van der Waals surface area contributed by atoms with Crippen molar-refractivity contribution in [3.63, 3.8) is 0 Å². The van der Waals surface area contributed by atoms with E-state index in [2.05, 4.69) is 10.1 Å². The lowest BCUT2D eigenvalue weighted by atomic mass is 9.96. The van der Waals surface area contributed by atoms with Crippen LogP contribution in [0.1, 0.15) is 47.1 Å². The van der Waals surface area contributed by atoms with Crippen molar-refractivity contribution in [2.24, 2.45) is 7.05 Å². The van der Waals surface area contributed by atoms with E-state index in [1.54, 1.807) is 23.4 Å². The van der Waals surface area contributed by atoms with E-state index in [1.165, 1.54) is 7.05 Å². The summed E-state index contributed by atoms with van der Waals surface area (Å²) < 4.78 is 39.5. The normalized spacial score (nSPS) is 18.7. The Hall–Kier alpha value is -2.38. The zero-order valence-corrected chi connectivity index (χ0v) is 13.1. The molecule has 1 amide bonds. The van der Waals surface area contributed by atoms with E-state index in [0.717, 1.165) is 35.6 Å². The van der Waals surface area contributed by atoms with Crippen molar-refractivity contribution in [3.8, 4) is 0 Å². The van der Waals surface area contributed by atoms with Crippen LogP contribution in [0.3, 0.4) is 0 Å². The fraction of sp³-hybridized carbons (Fsp3) is 0.438. The van der Waals surface area contributed by atoms with Crippen LogP contribution in [-0.4, -0.2) is 32.1 Å². The molecule has 1 atom stereocenters. The van der Waals surface area contributed by atoms with Gasteiger partial charge in [-0.2, -0.15) is 18.3 Å². The second-order valence-electron chi connectivity index (χ2n) is 5.83. The fourth-order valence-corrected chi connectivity index (χ4v) is 3.05. The van der Waals surface area contributed by atoms with Crippen molar-refractivity contribution >= 4 is 5.91 Å². The van der Waals surface area contributed by atoms with E-state index < -0.39 is 17.8 Å². The lowest BCUT2D eigenvalue weighted by Crippen LogP contribution is -2.39. The van der Waals surface area contributed by atoms with Crippen molar-refractivity contribution in [1.82, 2.24) is 19.7 Å². The van der Waals surface area contributed by atoms with E-state index in [4.69, 9.17) is 0 Å². The molecule has 2 aromatic rings. The molecule has 8 heteroatoms. The monoisotopic (exact) mass is 338 g/mol. The van der Waals surface area contributed by atoms with Crippen molar-refractivity contribution in [2.45, 2.75) is 31.5 Å². The van der Waals surface area contributed by atoms with E-state index in [1.807, 2.05) is 6.07 Å². The molecule has 5 nitrogen and oxygen atoms in total. The standard InChI is InChI=1S/C16H17F3N4O/c1-22-13(9-14(21-22)16(17,18)19)15(24)23-8-3-2-6-12(23)11-5-4-7-20-10-11/h4-5,7,9-10,12H,2-3,6,8H2,1H3/t12-/m1/s1. The highest BCUT2D eigenvalue weighted by Gasteiger charge is 2.37. The van der Waals surface area contributed by atoms with Gasteiger partial charge in [-0.3, -0.25) is 14.5 Å². The number of aromatic nitrogens is 3. The van der Waals surface area contributed by atoms with Crippen LogP contribution in [0.4, 0.5) is 13.2 Å². The van der Waals surface area contributed by atoms with Crippen LogP contribution in [0.15, 0.2) is 30.6 Å². The van der Waals surface area contributed by atoms with Gasteiger partial charge in [0.2, 0.25) is 0 Å². The van der Waals surface area contributed by atoms with Gasteiger partial charge < -0.3 is 4.90 Å². The molecule has 3 heterocycles. The number of alkyl halides is 3. The molecular weight excluding hydrogens is 321 g/mol. The van der Waals surface area contributed by atoms with Gasteiger partial charge in [-0.25, -0.2) is 0 Å². The molecule has 0 saturated carbocycles. The number of pyridine rings is 1. The average Bonchev–Trinajstić information content (AvgIpc) is 2.97. The largest absolute Gasteiger partial charge is 0.435 e. The number of piperidine rings is 1. The summed E-state index contributed by atoms with van der Waals surface area (Å²) in [5.74, 6) is -0.436. The number of rotatable bonds is 2. The maximum atomic E-state index is 12.8. The summed E-state index contributed by atoms with van der Waals surface area (Å²) in [4.78, 5) is 18.5. The second-order valence-corrected chi connectivity index (χ2v) is 5.83. The minimum Gasteiger partial charge on any atom is -0.330 e. The Labute approximate surface area is 137 Å². The summed E-state index contributed by atoms with van der Waals surface area (Å²) in [6.45, 7) is 0.505. The highest BCUT2D eigenvalue weighted by molar-refractivity contribution is 5.93. The number of hydrogen-bond donors (Lipinski definition) is 0. The van der Waals surface area contributed by atoms with Gasteiger partial charge in [0.1, 0.15) is 5.69 Å². The highest BCUT2D eigenvalue weighted by atomic mass is 19.4. The van der Waals surface area contributed by atoms with Gasteiger partial charge in [0.15, 0.2) is 5.69 Å². The molecule has 24 heavy (non-hydrogen) atoms. The van der Waals surface area contributed by atoms with Crippen LogP contribution < -0.4 is 0 Å². The zero-order valence-electron chi connectivity index (χ0n) is 13.1. The maximum Gasteiger partial charge on any atom is 0.435 e. The highest BCUT2D eigenvalue weighted by Crippen LogP contribution is 2.33. The zero-order chi connectivity index (χ0) is 17.3. The third-order valence-electron chi connectivity index (χ3n) is 4.22. The third kappa shape index (κ3) is 3.13. The summed E-state index contributed by atoms with van der Waals surface area (Å²) >= 11 is 0. The molecule has 1 aliphatic heterocycles. The lowest BCUT2D eigenvalue weighted by molar-refractivity contribution is -0.141. The number of halogens is 3. The molecule has 0 aromatic carbocycles. The van der Waals surface area contributed by atoms with Crippen LogP contribution >= 0.6 is 0 Å². The van der Waals surface area contributed by atoms with Gasteiger partial charge in [0, 0.05) is 32.1 Å². The first kappa shape index (κ1) is 16.5. The van der Waals surface area contributed by atoms with Crippen LogP contribution in [0.25, 0.3) is 0 Å². The molecule has 0 aliphatic carbocycles. The fourth-order valence-electron chi connectivity index (χ4n) is 3.05. The molecule has 0 unspecified atom stereocenters. The first-order chi connectivity index (χ1) is 11.4. The van der Waals surface area contributed by atoms with E-state index >= 15 is 0 Å². The minimum absolute atomic E-state index is 0.0573. The molecule has 3 rings (SSSR count). The van der Waals surface area contributed by atoms with Crippen molar-refractivity contribution in [2.75, 3.05) is 6.54 Å². The minimum atomic E-state index is -4.57. The lowest BCUT2D eigenvalue weighted by Gasteiger charge is -2.35. The maximum absolute atomic E-state index is 12.8. The van der Waals surface area contributed by atoms with Crippen LogP contribution in [0.5, 0.6) is 0 Å². The van der Waals surface area contributed by atoms with E-state index in [0.29, 0.717) is 6.54 Å². The second kappa shape index (κ2) is 6.26. The molecule has 0 bridgehead atoms. The molecule has 1 saturated heterocycles.